The smallest absolute Gasteiger partial charge is 0.0431 e. The van der Waals surface area contributed by atoms with E-state index in [0.717, 1.165) is 12.8 Å². The summed E-state index contributed by atoms with van der Waals surface area (Å²) >= 11 is 0. The molecule has 0 radical (unpaired) electrons. The van der Waals surface area contributed by atoms with Crippen molar-refractivity contribution in [2.24, 2.45) is 0 Å². The van der Waals surface area contributed by atoms with Gasteiger partial charge in [-0.1, -0.05) is 0 Å². The van der Waals surface area contributed by atoms with Gasteiger partial charge in [-0.25, -0.2) is 0 Å². The van der Waals surface area contributed by atoms with Gasteiger partial charge in [0.25, 0.3) is 0 Å². The second-order valence-corrected chi connectivity index (χ2v) is 1.94. The van der Waals surface area contributed by atoms with Crippen LogP contribution >= 0.6 is 0 Å². The van der Waals surface area contributed by atoms with Gasteiger partial charge in [0, 0.05) is 20.2 Å². The Labute approximate surface area is 55.0 Å². The monoisotopic (exact) mass is 133 g/mol. The minimum atomic E-state index is 0.201. The molecule has 0 spiro atoms. The number of nitrogens with zero attached hydrogens (tertiary/aromatic N) is 1. The molecule has 0 fully saturated rings. The largest absolute Gasteiger partial charge is 0.774 e. The van der Waals surface area contributed by atoms with Crippen molar-refractivity contribution in [2.45, 2.75) is 12.8 Å². The number of hydrazine groups is 1. The van der Waals surface area contributed by atoms with Gasteiger partial charge in [-0.3, -0.25) is 5.01 Å². The molecule has 0 bridgehead atoms. The first-order valence-corrected chi connectivity index (χ1v) is 3.01. The molecule has 0 unspecified atom stereocenters. The lowest BCUT2D eigenvalue weighted by molar-refractivity contribution is 0.242. The summed E-state index contributed by atoms with van der Waals surface area (Å²) in [6, 6.07) is 0. The molecule has 0 aromatic rings. The molecule has 2 N–H and O–H groups in total. The Morgan fingerprint density at radius 1 is 1.56 bits per heavy atom. The molecular formula is C5H13N2O2-. The van der Waals surface area contributed by atoms with Crippen LogP contribution in [0.1, 0.15) is 12.8 Å². The predicted octanol–water partition coefficient (Wildman–Crippen LogP) is -0.307. The van der Waals surface area contributed by atoms with Crippen LogP contribution in [0.5, 0.6) is 0 Å². The zero-order valence-electron chi connectivity index (χ0n) is 5.63. The average Bonchev–Trinajstić information content (AvgIpc) is 1.89. The topological polar surface area (TPSA) is 58.6 Å². The van der Waals surface area contributed by atoms with Crippen molar-refractivity contribution in [3.05, 3.63) is 5.21 Å². The van der Waals surface area contributed by atoms with Gasteiger partial charge < -0.3 is 15.9 Å². The van der Waals surface area contributed by atoms with Gasteiger partial charge in [0.15, 0.2) is 0 Å². The highest BCUT2D eigenvalue weighted by Gasteiger charge is 1.88. The third-order valence-corrected chi connectivity index (χ3v) is 1.06. The third-order valence-electron chi connectivity index (χ3n) is 1.06. The average molecular weight is 133 g/mol. The predicted molar refractivity (Wildman–Crippen MR) is 35.5 cm³/mol. The van der Waals surface area contributed by atoms with Crippen LogP contribution in [0.3, 0.4) is 0 Å². The lowest BCUT2D eigenvalue weighted by Crippen LogP contribution is -2.30. The lowest BCUT2D eigenvalue weighted by Gasteiger charge is -2.20. The molecule has 0 aliphatic rings. The lowest BCUT2D eigenvalue weighted by atomic mass is 10.3. The molecule has 4 heteroatoms. The Balaban J connectivity index is 2.88. The van der Waals surface area contributed by atoms with Crippen LogP contribution in [0.25, 0.3) is 0 Å². The van der Waals surface area contributed by atoms with Crippen LogP contribution in [0.15, 0.2) is 0 Å². The van der Waals surface area contributed by atoms with Gasteiger partial charge in [-0.2, -0.15) is 0 Å². The summed E-state index contributed by atoms with van der Waals surface area (Å²) in [5.74, 6) is 0. The van der Waals surface area contributed by atoms with E-state index in [1.54, 1.807) is 12.6 Å². The van der Waals surface area contributed by atoms with E-state index in [2.05, 4.69) is 0 Å². The van der Waals surface area contributed by atoms with Crippen LogP contribution in [-0.4, -0.2) is 30.3 Å². The first-order valence-electron chi connectivity index (χ1n) is 3.01. The van der Waals surface area contributed by atoms with Crippen molar-refractivity contribution in [1.29, 1.82) is 0 Å². The number of nitrogens with one attached hydrogen (secondary N) is 1. The van der Waals surface area contributed by atoms with Crippen molar-refractivity contribution in [3.63, 3.8) is 0 Å². The molecule has 0 aromatic heterocycles. The number of rotatable bonds is 5. The van der Waals surface area contributed by atoms with Gasteiger partial charge in [0.05, 0.1) is 0 Å². The molecule has 56 valence electrons. The van der Waals surface area contributed by atoms with E-state index < -0.39 is 0 Å². The highest BCUT2D eigenvalue weighted by molar-refractivity contribution is 4.44. The summed E-state index contributed by atoms with van der Waals surface area (Å²) in [4.78, 5) is 0. The van der Waals surface area contributed by atoms with Gasteiger partial charge in [0.2, 0.25) is 0 Å². The second-order valence-electron chi connectivity index (χ2n) is 1.94. The maximum atomic E-state index is 9.84. The number of aliphatic hydroxyl groups excluding tert-OH is 1. The van der Waals surface area contributed by atoms with E-state index >= 15 is 0 Å². The number of aliphatic hydroxyl groups is 1. The van der Waals surface area contributed by atoms with Crippen LogP contribution in [0.2, 0.25) is 0 Å². The number of hydrogen-bond acceptors (Lipinski definition) is 4. The molecule has 0 amide bonds. The van der Waals surface area contributed by atoms with Gasteiger partial charge in [-0.05, 0) is 12.8 Å². The zero-order valence-corrected chi connectivity index (χ0v) is 5.63. The number of unbranched alkanes of at least 4 members (excludes halogenated alkanes) is 1. The van der Waals surface area contributed by atoms with Crippen LogP contribution in [0, 0.1) is 5.21 Å². The van der Waals surface area contributed by atoms with E-state index in [0.29, 0.717) is 6.54 Å². The molecule has 0 heterocycles. The molecule has 0 aliphatic heterocycles. The van der Waals surface area contributed by atoms with Crippen molar-refractivity contribution >= 4 is 0 Å². The summed E-state index contributed by atoms with van der Waals surface area (Å²) in [6.45, 7) is 0.886. The first kappa shape index (κ1) is 8.84. The van der Waals surface area contributed by atoms with Gasteiger partial charge in [0.1, 0.15) is 0 Å². The maximum Gasteiger partial charge on any atom is 0.0431 e. The quantitative estimate of drug-likeness (QED) is 0.399. The summed E-state index contributed by atoms with van der Waals surface area (Å²) in [5.41, 5.74) is 1.73. The van der Waals surface area contributed by atoms with E-state index in [9.17, 15) is 5.21 Å². The van der Waals surface area contributed by atoms with Gasteiger partial charge >= 0.3 is 0 Å². The molecule has 0 saturated carbocycles. The van der Waals surface area contributed by atoms with Crippen molar-refractivity contribution in [1.82, 2.24) is 10.6 Å². The zero-order chi connectivity index (χ0) is 7.11. The van der Waals surface area contributed by atoms with E-state index in [4.69, 9.17) is 5.11 Å². The summed E-state index contributed by atoms with van der Waals surface area (Å²) in [6.07, 6.45) is 1.61. The normalized spacial score (nSPS) is 10.7. The maximum absolute atomic E-state index is 9.84. The Bertz CT molecular complexity index is 60.9. The van der Waals surface area contributed by atoms with Crippen molar-refractivity contribution in [3.8, 4) is 0 Å². The molecule has 0 aromatic carbocycles. The van der Waals surface area contributed by atoms with Crippen molar-refractivity contribution in [2.75, 3.05) is 20.2 Å². The summed E-state index contributed by atoms with van der Waals surface area (Å²) in [5, 5.41) is 19.6. The minimum Gasteiger partial charge on any atom is -0.774 e. The summed E-state index contributed by atoms with van der Waals surface area (Å²) < 4.78 is 0. The Hall–Kier alpha value is -0.160. The van der Waals surface area contributed by atoms with Gasteiger partial charge in [-0.15, -0.1) is 0 Å². The summed E-state index contributed by atoms with van der Waals surface area (Å²) in [7, 11) is 1.67. The fourth-order valence-corrected chi connectivity index (χ4v) is 0.506. The van der Waals surface area contributed by atoms with Crippen LogP contribution in [0.4, 0.5) is 0 Å². The highest BCUT2D eigenvalue weighted by atomic mass is 16.5. The van der Waals surface area contributed by atoms with Crippen LogP contribution < -0.4 is 5.59 Å². The SMILES string of the molecule is CN(CCCCO)N[O-]. The Morgan fingerprint density at radius 3 is 2.67 bits per heavy atom. The third kappa shape index (κ3) is 5.72. The molecule has 0 saturated heterocycles. The standard InChI is InChI=1S/C5H13N2O2/c1-7(6-9)4-2-3-5-8/h6,8H,2-5H2,1H3/q-1. The second kappa shape index (κ2) is 5.97. The fourth-order valence-electron chi connectivity index (χ4n) is 0.506. The van der Waals surface area contributed by atoms with E-state index in [1.165, 1.54) is 5.01 Å². The highest BCUT2D eigenvalue weighted by Crippen LogP contribution is 1.87. The first-order chi connectivity index (χ1) is 4.31. The molecule has 0 rings (SSSR count). The number of hydrogen-bond donors (Lipinski definition) is 2. The Kier molecular flexibility index (Phi) is 5.86. The minimum absolute atomic E-state index is 0.201. The molecule has 0 atom stereocenters. The molecular weight excluding hydrogens is 120 g/mol. The Morgan fingerprint density at radius 2 is 2.22 bits per heavy atom. The molecule has 0 aliphatic carbocycles. The van der Waals surface area contributed by atoms with Crippen LogP contribution in [-0.2, 0) is 0 Å². The van der Waals surface area contributed by atoms with Crippen molar-refractivity contribution < 1.29 is 5.11 Å². The fraction of sp³-hybridized carbons (Fsp3) is 1.00. The molecule has 4 nitrogen and oxygen atoms in total. The molecule has 9 heavy (non-hydrogen) atoms. The van der Waals surface area contributed by atoms with E-state index in [-0.39, 0.29) is 6.61 Å². The van der Waals surface area contributed by atoms with E-state index in [1.807, 2.05) is 0 Å².